The van der Waals surface area contributed by atoms with Crippen LogP contribution in [0.1, 0.15) is 11.1 Å². The zero-order valence-electron chi connectivity index (χ0n) is 10.5. The van der Waals surface area contributed by atoms with Crippen LogP contribution < -0.4 is 10.6 Å². The average molecular weight is 274 g/mol. The number of hydrogen-bond donors (Lipinski definition) is 2. The lowest BCUT2D eigenvalue weighted by Crippen LogP contribution is -2.03. The monoisotopic (exact) mass is 273 g/mol. The normalized spacial score (nSPS) is 9.79. The van der Waals surface area contributed by atoms with E-state index in [0.29, 0.717) is 28.0 Å². The lowest BCUT2D eigenvalue weighted by Gasteiger charge is -2.11. The van der Waals surface area contributed by atoms with Crippen molar-refractivity contribution in [1.29, 1.82) is 5.26 Å². The molecule has 1 aromatic heterocycles. The number of nitrogens with one attached hydrogen (secondary N) is 2. The van der Waals surface area contributed by atoms with Crippen molar-refractivity contribution >= 4 is 29.1 Å². The molecule has 0 atom stereocenters. The summed E-state index contributed by atoms with van der Waals surface area (Å²) in [4.78, 5) is 8.41. The van der Waals surface area contributed by atoms with E-state index in [9.17, 15) is 0 Å². The van der Waals surface area contributed by atoms with Crippen LogP contribution in [0.25, 0.3) is 0 Å². The van der Waals surface area contributed by atoms with Crippen molar-refractivity contribution in [3.05, 3.63) is 40.5 Å². The lowest BCUT2D eigenvalue weighted by atomic mass is 10.2. The molecule has 2 rings (SSSR count). The molecular weight excluding hydrogens is 262 g/mol. The molecule has 0 bridgehead atoms. The van der Waals surface area contributed by atoms with E-state index in [0.717, 1.165) is 5.56 Å². The molecule has 0 aliphatic heterocycles. The summed E-state index contributed by atoms with van der Waals surface area (Å²) in [5.41, 5.74) is 2.01. The number of nitriles is 1. The van der Waals surface area contributed by atoms with Crippen molar-refractivity contribution in [2.24, 2.45) is 0 Å². The van der Waals surface area contributed by atoms with Gasteiger partial charge < -0.3 is 10.6 Å². The van der Waals surface area contributed by atoms with Crippen molar-refractivity contribution in [3.8, 4) is 6.07 Å². The molecule has 0 radical (unpaired) electrons. The second kappa shape index (κ2) is 5.55. The third-order valence-corrected chi connectivity index (χ3v) is 2.79. The highest BCUT2D eigenvalue weighted by molar-refractivity contribution is 6.30. The molecule has 1 aromatic carbocycles. The number of nitrogens with zero attached hydrogens (tertiary/aromatic N) is 3. The molecule has 2 N–H and O–H groups in total. The minimum Gasteiger partial charge on any atom is -0.357 e. The molecular formula is C13H12ClN5. The van der Waals surface area contributed by atoms with Gasteiger partial charge in [0.25, 0.3) is 0 Å². The summed E-state index contributed by atoms with van der Waals surface area (Å²) >= 11 is 5.94. The van der Waals surface area contributed by atoms with Gasteiger partial charge in [0.05, 0.1) is 11.3 Å². The predicted molar refractivity (Wildman–Crippen MR) is 75.8 cm³/mol. The first kappa shape index (κ1) is 13.1. The summed E-state index contributed by atoms with van der Waals surface area (Å²) in [6.07, 6.45) is 1.71. The third kappa shape index (κ3) is 2.92. The van der Waals surface area contributed by atoms with Crippen LogP contribution >= 0.6 is 11.6 Å². The van der Waals surface area contributed by atoms with Gasteiger partial charge in [0.2, 0.25) is 5.95 Å². The highest BCUT2D eigenvalue weighted by atomic mass is 35.5. The van der Waals surface area contributed by atoms with Gasteiger partial charge in [-0.15, -0.1) is 0 Å². The van der Waals surface area contributed by atoms with Crippen molar-refractivity contribution in [2.75, 3.05) is 17.7 Å². The Morgan fingerprint density at radius 1 is 1.37 bits per heavy atom. The van der Waals surface area contributed by atoms with E-state index in [4.69, 9.17) is 16.9 Å². The van der Waals surface area contributed by atoms with Crippen LogP contribution in [0, 0.1) is 18.3 Å². The van der Waals surface area contributed by atoms with E-state index in [-0.39, 0.29) is 0 Å². The summed E-state index contributed by atoms with van der Waals surface area (Å²) in [5, 5.41) is 15.6. The van der Waals surface area contributed by atoms with Crippen LogP contribution in [0.15, 0.2) is 24.4 Å². The Morgan fingerprint density at radius 3 is 2.84 bits per heavy atom. The Kier molecular flexibility index (Phi) is 3.83. The quantitative estimate of drug-likeness (QED) is 0.899. The smallest absolute Gasteiger partial charge is 0.224 e. The fourth-order valence-corrected chi connectivity index (χ4v) is 1.71. The van der Waals surface area contributed by atoms with Gasteiger partial charge in [0, 0.05) is 23.8 Å². The zero-order valence-corrected chi connectivity index (χ0v) is 11.3. The molecule has 0 saturated heterocycles. The molecule has 1 heterocycles. The van der Waals surface area contributed by atoms with Gasteiger partial charge in [0.1, 0.15) is 11.9 Å². The summed E-state index contributed by atoms with van der Waals surface area (Å²) < 4.78 is 0. The Labute approximate surface area is 116 Å². The first-order chi connectivity index (χ1) is 9.13. The number of aromatic nitrogens is 2. The number of benzene rings is 1. The molecule has 19 heavy (non-hydrogen) atoms. The van der Waals surface area contributed by atoms with Crippen LogP contribution in [0.3, 0.4) is 0 Å². The first-order valence-electron chi connectivity index (χ1n) is 5.62. The molecule has 5 nitrogen and oxygen atoms in total. The number of aryl methyl sites for hydroxylation is 1. The molecule has 0 fully saturated rings. The molecule has 0 unspecified atom stereocenters. The second-order valence-electron chi connectivity index (χ2n) is 3.90. The van der Waals surface area contributed by atoms with Crippen molar-refractivity contribution in [3.63, 3.8) is 0 Å². The minimum atomic E-state index is 0.508. The maximum Gasteiger partial charge on any atom is 0.224 e. The number of halogens is 1. The Morgan fingerprint density at radius 2 is 2.16 bits per heavy atom. The molecule has 0 saturated carbocycles. The standard InChI is InChI=1S/C13H12ClN5/c1-8-7-17-13(16-2)19-12(8)18-11-5-10(14)4-3-9(11)6-15/h3-5,7H,1-2H3,(H2,16,17,18,19). The summed E-state index contributed by atoms with van der Waals surface area (Å²) in [5.74, 6) is 1.15. The van der Waals surface area contributed by atoms with Crippen LogP contribution in [0.2, 0.25) is 5.02 Å². The molecule has 0 amide bonds. The van der Waals surface area contributed by atoms with E-state index in [2.05, 4.69) is 26.7 Å². The topological polar surface area (TPSA) is 73.6 Å². The lowest BCUT2D eigenvalue weighted by molar-refractivity contribution is 1.12. The van der Waals surface area contributed by atoms with Crippen molar-refractivity contribution < 1.29 is 0 Å². The van der Waals surface area contributed by atoms with E-state index in [1.807, 2.05) is 6.92 Å². The van der Waals surface area contributed by atoms with Crippen LogP contribution in [0.4, 0.5) is 17.5 Å². The molecule has 0 aliphatic rings. The van der Waals surface area contributed by atoms with Crippen LogP contribution in [0.5, 0.6) is 0 Å². The largest absolute Gasteiger partial charge is 0.357 e. The van der Waals surface area contributed by atoms with E-state index >= 15 is 0 Å². The minimum absolute atomic E-state index is 0.508. The van der Waals surface area contributed by atoms with E-state index < -0.39 is 0 Å². The molecule has 2 aromatic rings. The molecule has 96 valence electrons. The Bertz CT molecular complexity index is 648. The number of hydrogen-bond acceptors (Lipinski definition) is 5. The van der Waals surface area contributed by atoms with Gasteiger partial charge in [-0.2, -0.15) is 10.2 Å². The SMILES string of the molecule is CNc1ncc(C)c(Nc2cc(Cl)ccc2C#N)n1. The highest BCUT2D eigenvalue weighted by Gasteiger charge is 2.07. The van der Waals surface area contributed by atoms with Crippen molar-refractivity contribution in [2.45, 2.75) is 6.92 Å². The Balaban J connectivity index is 2.41. The van der Waals surface area contributed by atoms with Crippen LogP contribution in [-0.2, 0) is 0 Å². The van der Waals surface area contributed by atoms with E-state index in [1.165, 1.54) is 0 Å². The summed E-state index contributed by atoms with van der Waals surface area (Å²) in [7, 11) is 1.74. The Hall–Kier alpha value is -2.32. The van der Waals surface area contributed by atoms with Gasteiger partial charge in [0.15, 0.2) is 0 Å². The second-order valence-corrected chi connectivity index (χ2v) is 4.34. The third-order valence-electron chi connectivity index (χ3n) is 2.55. The maximum atomic E-state index is 9.08. The van der Waals surface area contributed by atoms with Gasteiger partial charge in [-0.05, 0) is 25.1 Å². The van der Waals surface area contributed by atoms with E-state index in [1.54, 1.807) is 31.4 Å². The first-order valence-corrected chi connectivity index (χ1v) is 6.00. The van der Waals surface area contributed by atoms with Crippen molar-refractivity contribution in [1.82, 2.24) is 9.97 Å². The highest BCUT2D eigenvalue weighted by Crippen LogP contribution is 2.25. The molecule has 0 spiro atoms. The number of anilines is 3. The zero-order chi connectivity index (χ0) is 13.8. The van der Waals surface area contributed by atoms with Gasteiger partial charge in [-0.25, -0.2) is 4.98 Å². The van der Waals surface area contributed by atoms with Gasteiger partial charge >= 0.3 is 0 Å². The molecule has 0 aliphatic carbocycles. The van der Waals surface area contributed by atoms with Gasteiger partial charge in [-0.1, -0.05) is 11.6 Å². The number of rotatable bonds is 3. The fourth-order valence-electron chi connectivity index (χ4n) is 1.53. The molecule has 6 heteroatoms. The average Bonchev–Trinajstić information content (AvgIpc) is 2.41. The van der Waals surface area contributed by atoms with Crippen LogP contribution in [-0.4, -0.2) is 17.0 Å². The fraction of sp³-hybridized carbons (Fsp3) is 0.154. The summed E-state index contributed by atoms with van der Waals surface area (Å²) in [6, 6.07) is 7.15. The maximum absolute atomic E-state index is 9.08. The summed E-state index contributed by atoms with van der Waals surface area (Å²) in [6.45, 7) is 1.89. The van der Waals surface area contributed by atoms with Gasteiger partial charge in [-0.3, -0.25) is 0 Å². The predicted octanol–water partition coefficient (Wildman–Crippen LogP) is 3.10.